The van der Waals surface area contributed by atoms with Crippen LogP contribution in [0.4, 0.5) is 4.39 Å². The first-order valence-corrected chi connectivity index (χ1v) is 10.4. The van der Waals surface area contributed by atoms with Crippen molar-refractivity contribution in [1.29, 1.82) is 0 Å². The molecule has 0 radical (unpaired) electrons. The van der Waals surface area contributed by atoms with Crippen molar-refractivity contribution in [3.8, 4) is 0 Å². The number of hydrogen-bond acceptors (Lipinski definition) is 4. The fourth-order valence-electron chi connectivity index (χ4n) is 2.96. The minimum absolute atomic E-state index is 0.0399. The van der Waals surface area contributed by atoms with Crippen LogP contribution in [0.25, 0.3) is 10.9 Å². The lowest BCUT2D eigenvalue weighted by Gasteiger charge is -2.17. The SMILES string of the molecule is CC(C)OCCCn1c(SC(C)c2cccc(F)c2)nc2ccccc2c1=O. The first-order valence-electron chi connectivity index (χ1n) is 9.49. The number of para-hydroxylation sites is 1. The van der Waals surface area contributed by atoms with Gasteiger partial charge in [-0.25, -0.2) is 9.37 Å². The molecule has 0 aliphatic carbocycles. The first-order chi connectivity index (χ1) is 13.5. The highest BCUT2D eigenvalue weighted by molar-refractivity contribution is 7.99. The van der Waals surface area contributed by atoms with Gasteiger partial charge >= 0.3 is 0 Å². The lowest BCUT2D eigenvalue weighted by molar-refractivity contribution is 0.0743. The topological polar surface area (TPSA) is 44.1 Å². The van der Waals surface area contributed by atoms with Crippen LogP contribution in [0.15, 0.2) is 58.5 Å². The average Bonchev–Trinajstić information content (AvgIpc) is 2.67. The van der Waals surface area contributed by atoms with Crippen LogP contribution >= 0.6 is 11.8 Å². The fraction of sp³-hybridized carbons (Fsp3) is 0.364. The minimum Gasteiger partial charge on any atom is -0.379 e. The second-order valence-electron chi connectivity index (χ2n) is 6.96. The molecule has 0 saturated heterocycles. The third-order valence-electron chi connectivity index (χ3n) is 4.40. The highest BCUT2D eigenvalue weighted by atomic mass is 32.2. The van der Waals surface area contributed by atoms with Crippen molar-refractivity contribution in [2.45, 2.75) is 50.2 Å². The molecule has 4 nitrogen and oxygen atoms in total. The van der Waals surface area contributed by atoms with Crippen LogP contribution in [0.5, 0.6) is 0 Å². The molecule has 1 aromatic heterocycles. The molecule has 6 heteroatoms. The summed E-state index contributed by atoms with van der Waals surface area (Å²) >= 11 is 1.47. The summed E-state index contributed by atoms with van der Waals surface area (Å²) in [6.07, 6.45) is 0.883. The van der Waals surface area contributed by atoms with Crippen molar-refractivity contribution in [3.05, 3.63) is 70.3 Å². The molecule has 0 fully saturated rings. The van der Waals surface area contributed by atoms with E-state index in [1.807, 2.05) is 45.0 Å². The standard InChI is InChI=1S/C22H25FN2O2S/c1-15(2)27-13-7-12-25-21(26)19-10-4-5-11-20(19)24-22(25)28-16(3)17-8-6-9-18(23)14-17/h4-6,8-11,14-16H,7,12-13H2,1-3H3. The van der Waals surface area contributed by atoms with Gasteiger partial charge in [0.05, 0.1) is 17.0 Å². The highest BCUT2D eigenvalue weighted by Crippen LogP contribution is 2.34. The Balaban J connectivity index is 1.92. The van der Waals surface area contributed by atoms with Gasteiger partial charge in [-0.3, -0.25) is 9.36 Å². The van der Waals surface area contributed by atoms with Gasteiger partial charge in [-0.15, -0.1) is 0 Å². The molecule has 2 aromatic carbocycles. The smallest absolute Gasteiger partial charge is 0.262 e. The summed E-state index contributed by atoms with van der Waals surface area (Å²) < 4.78 is 20.9. The Kier molecular flexibility index (Phi) is 6.86. The molecule has 0 saturated carbocycles. The predicted molar refractivity (Wildman–Crippen MR) is 112 cm³/mol. The maximum Gasteiger partial charge on any atom is 0.262 e. The lowest BCUT2D eigenvalue weighted by Crippen LogP contribution is -2.24. The molecule has 0 spiro atoms. The van der Waals surface area contributed by atoms with E-state index in [-0.39, 0.29) is 22.7 Å². The Morgan fingerprint density at radius 2 is 1.93 bits per heavy atom. The van der Waals surface area contributed by atoms with Crippen LogP contribution in [0.1, 0.15) is 38.0 Å². The predicted octanol–water partition coefficient (Wildman–Crippen LogP) is 5.20. The van der Waals surface area contributed by atoms with Crippen LogP contribution in [-0.2, 0) is 11.3 Å². The van der Waals surface area contributed by atoms with Crippen LogP contribution in [0.2, 0.25) is 0 Å². The van der Waals surface area contributed by atoms with Crippen molar-refractivity contribution in [2.75, 3.05) is 6.61 Å². The van der Waals surface area contributed by atoms with E-state index in [0.29, 0.717) is 29.2 Å². The summed E-state index contributed by atoms with van der Waals surface area (Å²) in [5.41, 5.74) is 1.49. The number of nitrogens with zero attached hydrogens (tertiary/aromatic N) is 2. The Morgan fingerprint density at radius 1 is 1.14 bits per heavy atom. The number of fused-ring (bicyclic) bond motifs is 1. The van der Waals surface area contributed by atoms with E-state index in [2.05, 4.69) is 0 Å². The number of ether oxygens (including phenoxy) is 1. The Bertz CT molecular complexity index is 1000. The van der Waals surface area contributed by atoms with Crippen molar-refractivity contribution in [1.82, 2.24) is 9.55 Å². The fourth-order valence-corrected chi connectivity index (χ4v) is 4.01. The molecule has 28 heavy (non-hydrogen) atoms. The molecule has 3 rings (SSSR count). The maximum atomic E-state index is 13.6. The molecule has 1 unspecified atom stereocenters. The van der Waals surface area contributed by atoms with E-state index in [1.165, 1.54) is 23.9 Å². The van der Waals surface area contributed by atoms with Gasteiger partial charge in [0.2, 0.25) is 0 Å². The molecule has 1 atom stereocenters. The number of rotatable bonds is 8. The van der Waals surface area contributed by atoms with Gasteiger partial charge in [-0.2, -0.15) is 0 Å². The molecule has 0 N–H and O–H groups in total. The maximum absolute atomic E-state index is 13.6. The van der Waals surface area contributed by atoms with Gasteiger partial charge in [0.15, 0.2) is 5.16 Å². The highest BCUT2D eigenvalue weighted by Gasteiger charge is 2.16. The molecular formula is C22H25FN2O2S. The normalized spacial score (nSPS) is 12.6. The summed E-state index contributed by atoms with van der Waals surface area (Å²) in [6.45, 7) is 7.09. The number of halogens is 1. The summed E-state index contributed by atoms with van der Waals surface area (Å²) in [5.74, 6) is -0.264. The second kappa shape index (κ2) is 9.34. The zero-order valence-electron chi connectivity index (χ0n) is 16.4. The number of thioether (sulfide) groups is 1. The molecule has 0 aliphatic heterocycles. The Labute approximate surface area is 168 Å². The van der Waals surface area contributed by atoms with E-state index < -0.39 is 0 Å². The zero-order chi connectivity index (χ0) is 20.1. The van der Waals surface area contributed by atoms with Gasteiger partial charge in [-0.05, 0) is 57.0 Å². The van der Waals surface area contributed by atoms with Gasteiger partial charge < -0.3 is 4.74 Å². The summed E-state index contributed by atoms with van der Waals surface area (Å²) in [5, 5.41) is 1.21. The first kappa shape index (κ1) is 20.6. The molecule has 148 valence electrons. The molecule has 0 aliphatic rings. The van der Waals surface area contributed by atoms with Crippen LogP contribution in [-0.4, -0.2) is 22.3 Å². The van der Waals surface area contributed by atoms with Crippen LogP contribution in [0, 0.1) is 5.82 Å². The lowest BCUT2D eigenvalue weighted by atomic mass is 10.2. The minimum atomic E-state index is -0.264. The summed E-state index contributed by atoms with van der Waals surface area (Å²) in [4.78, 5) is 17.8. The molecule has 0 bridgehead atoms. The molecular weight excluding hydrogens is 375 g/mol. The average molecular weight is 401 g/mol. The number of hydrogen-bond donors (Lipinski definition) is 0. The summed E-state index contributed by atoms with van der Waals surface area (Å²) in [6, 6.07) is 13.9. The van der Waals surface area contributed by atoms with E-state index in [1.54, 1.807) is 16.7 Å². The molecule has 0 amide bonds. The molecule has 1 heterocycles. The number of benzene rings is 2. The largest absolute Gasteiger partial charge is 0.379 e. The Morgan fingerprint density at radius 3 is 2.68 bits per heavy atom. The van der Waals surface area contributed by atoms with E-state index in [0.717, 1.165) is 12.0 Å². The van der Waals surface area contributed by atoms with E-state index in [4.69, 9.17) is 9.72 Å². The van der Waals surface area contributed by atoms with Gasteiger partial charge in [0.25, 0.3) is 5.56 Å². The van der Waals surface area contributed by atoms with Crippen LogP contribution in [0.3, 0.4) is 0 Å². The number of aromatic nitrogens is 2. The van der Waals surface area contributed by atoms with E-state index >= 15 is 0 Å². The molecule has 3 aromatic rings. The van der Waals surface area contributed by atoms with E-state index in [9.17, 15) is 9.18 Å². The van der Waals surface area contributed by atoms with Crippen molar-refractivity contribution >= 4 is 22.7 Å². The second-order valence-corrected chi connectivity index (χ2v) is 8.26. The Hall–Kier alpha value is -2.18. The van der Waals surface area contributed by atoms with Gasteiger partial charge in [0, 0.05) is 18.4 Å². The van der Waals surface area contributed by atoms with Crippen molar-refractivity contribution in [2.24, 2.45) is 0 Å². The van der Waals surface area contributed by atoms with Crippen molar-refractivity contribution < 1.29 is 9.13 Å². The van der Waals surface area contributed by atoms with Crippen LogP contribution < -0.4 is 5.56 Å². The van der Waals surface area contributed by atoms with Gasteiger partial charge in [-0.1, -0.05) is 36.0 Å². The zero-order valence-corrected chi connectivity index (χ0v) is 17.2. The monoisotopic (exact) mass is 400 g/mol. The summed E-state index contributed by atoms with van der Waals surface area (Å²) in [7, 11) is 0. The van der Waals surface area contributed by atoms with Crippen molar-refractivity contribution in [3.63, 3.8) is 0 Å². The van der Waals surface area contributed by atoms with Gasteiger partial charge in [0.1, 0.15) is 5.82 Å². The quantitative estimate of drug-likeness (QED) is 0.296. The third-order valence-corrected chi connectivity index (χ3v) is 5.55. The third kappa shape index (κ3) is 5.00.